The normalized spacial score (nSPS) is 12.1. The zero-order valence-electron chi connectivity index (χ0n) is 14.6. The van der Waals surface area contributed by atoms with Crippen LogP contribution in [0.3, 0.4) is 0 Å². The van der Waals surface area contributed by atoms with Crippen LogP contribution >= 0.6 is 0 Å². The predicted molar refractivity (Wildman–Crippen MR) is 95.1 cm³/mol. The molecule has 0 aliphatic rings. The van der Waals surface area contributed by atoms with Gasteiger partial charge in [0.2, 0.25) is 0 Å². The number of rotatable bonds is 6. The Labute approximate surface area is 142 Å². The molecule has 2 aromatic carbocycles. The smallest absolute Gasteiger partial charge is 0.254 e. The Morgan fingerprint density at radius 2 is 1.75 bits per heavy atom. The molecule has 1 atom stereocenters. The van der Waals surface area contributed by atoms with Crippen LogP contribution in [-0.4, -0.2) is 40.6 Å². The summed E-state index contributed by atoms with van der Waals surface area (Å²) in [7, 11) is 8.08. The minimum absolute atomic E-state index is 0.0768. The summed E-state index contributed by atoms with van der Waals surface area (Å²) in [5.74, 6) is -0.886. The summed E-state index contributed by atoms with van der Waals surface area (Å²) in [5.41, 5.74) is 2.34. The fourth-order valence-corrected chi connectivity index (χ4v) is 2.60. The molecule has 0 saturated heterocycles. The van der Waals surface area contributed by atoms with E-state index in [1.165, 1.54) is 17.0 Å². The second-order valence-electron chi connectivity index (χ2n) is 6.31. The van der Waals surface area contributed by atoms with Crippen LogP contribution in [0.1, 0.15) is 22.0 Å². The van der Waals surface area contributed by atoms with E-state index in [4.69, 9.17) is 0 Å². The minimum Gasteiger partial charge on any atom is -0.378 e. The number of nitrogens with one attached hydrogen (secondary N) is 2. The van der Waals surface area contributed by atoms with Gasteiger partial charge in [-0.25, -0.2) is 4.39 Å². The zero-order valence-corrected chi connectivity index (χ0v) is 14.6. The molecule has 0 saturated carbocycles. The van der Waals surface area contributed by atoms with Crippen LogP contribution in [0, 0.1) is 5.82 Å². The van der Waals surface area contributed by atoms with Gasteiger partial charge in [-0.3, -0.25) is 4.79 Å². The standard InChI is InChI=1S/C19H24FN3O/c1-22(2)15-11-9-14(10-12-15)18(23(3)4)13-21-19(24)16-7-5-6-8-17(16)20/h5-12,18H,13H2,1-4H3,(H,21,24)/p+1/t18-/m0/s1. The SMILES string of the molecule is CN(C)c1ccc([C@H](CNC(=O)c2ccccc2F)[NH+](C)C)cc1. The van der Waals surface area contributed by atoms with Crippen LogP contribution in [0.15, 0.2) is 48.5 Å². The topological polar surface area (TPSA) is 36.8 Å². The molecule has 0 unspecified atom stereocenters. The molecule has 0 spiro atoms. The largest absolute Gasteiger partial charge is 0.378 e. The van der Waals surface area contributed by atoms with Crippen LogP contribution in [0.5, 0.6) is 0 Å². The Morgan fingerprint density at radius 3 is 2.29 bits per heavy atom. The van der Waals surface area contributed by atoms with Gasteiger partial charge in [-0.2, -0.15) is 0 Å². The zero-order chi connectivity index (χ0) is 17.7. The lowest BCUT2D eigenvalue weighted by atomic mass is 10.0. The van der Waals surface area contributed by atoms with Crippen molar-refractivity contribution in [2.75, 3.05) is 39.6 Å². The lowest BCUT2D eigenvalue weighted by molar-refractivity contribution is -0.890. The molecule has 2 N–H and O–H groups in total. The molecule has 0 aliphatic carbocycles. The Morgan fingerprint density at radius 1 is 1.12 bits per heavy atom. The van der Waals surface area contributed by atoms with Crippen molar-refractivity contribution in [3.8, 4) is 0 Å². The second-order valence-corrected chi connectivity index (χ2v) is 6.31. The van der Waals surface area contributed by atoms with Crippen molar-refractivity contribution in [1.82, 2.24) is 5.32 Å². The van der Waals surface area contributed by atoms with Gasteiger partial charge in [0.25, 0.3) is 5.91 Å². The number of halogens is 1. The molecule has 24 heavy (non-hydrogen) atoms. The third-order valence-electron chi connectivity index (χ3n) is 4.09. The van der Waals surface area contributed by atoms with Crippen LogP contribution in [0.4, 0.5) is 10.1 Å². The average molecular weight is 330 g/mol. The predicted octanol–water partition coefficient (Wildman–Crippen LogP) is 1.51. The highest BCUT2D eigenvalue weighted by atomic mass is 19.1. The fourth-order valence-electron chi connectivity index (χ4n) is 2.60. The van der Waals surface area contributed by atoms with Gasteiger partial charge in [0.15, 0.2) is 0 Å². The monoisotopic (exact) mass is 330 g/mol. The molecule has 0 radical (unpaired) electrons. The Balaban J connectivity index is 2.09. The number of anilines is 1. The van der Waals surface area contributed by atoms with Crippen molar-refractivity contribution in [2.45, 2.75) is 6.04 Å². The lowest BCUT2D eigenvalue weighted by Gasteiger charge is -2.23. The van der Waals surface area contributed by atoms with E-state index in [9.17, 15) is 9.18 Å². The Bertz CT molecular complexity index is 683. The molecule has 4 nitrogen and oxygen atoms in total. The minimum atomic E-state index is -0.501. The van der Waals surface area contributed by atoms with E-state index in [1.54, 1.807) is 12.1 Å². The van der Waals surface area contributed by atoms with E-state index >= 15 is 0 Å². The summed E-state index contributed by atoms with van der Waals surface area (Å²) in [6.07, 6.45) is 0. The molecule has 0 bridgehead atoms. The van der Waals surface area contributed by atoms with Gasteiger partial charge in [-0.1, -0.05) is 24.3 Å². The third kappa shape index (κ3) is 4.32. The number of carbonyl (C=O) groups is 1. The van der Waals surface area contributed by atoms with E-state index in [2.05, 4.69) is 29.6 Å². The summed E-state index contributed by atoms with van der Waals surface area (Å²) in [5, 5.41) is 2.85. The number of amides is 1. The van der Waals surface area contributed by atoms with Gasteiger partial charge in [-0.15, -0.1) is 0 Å². The summed E-state index contributed by atoms with van der Waals surface area (Å²) < 4.78 is 13.7. The molecular formula is C19H25FN3O+. The van der Waals surface area contributed by atoms with Crippen molar-refractivity contribution in [2.24, 2.45) is 0 Å². The number of nitrogens with zero attached hydrogens (tertiary/aromatic N) is 1. The van der Waals surface area contributed by atoms with E-state index in [0.29, 0.717) is 6.54 Å². The van der Waals surface area contributed by atoms with Gasteiger partial charge in [-0.05, 0) is 24.3 Å². The fraction of sp³-hybridized carbons (Fsp3) is 0.316. The first-order valence-corrected chi connectivity index (χ1v) is 8.00. The molecule has 0 fully saturated rings. The summed E-state index contributed by atoms with van der Waals surface area (Å²) in [4.78, 5) is 15.4. The van der Waals surface area contributed by atoms with E-state index in [0.717, 1.165) is 11.3 Å². The summed E-state index contributed by atoms with van der Waals surface area (Å²) in [6, 6.07) is 14.4. The van der Waals surface area contributed by atoms with Crippen molar-refractivity contribution in [1.29, 1.82) is 0 Å². The molecule has 2 rings (SSSR count). The maximum Gasteiger partial charge on any atom is 0.254 e. The van der Waals surface area contributed by atoms with Gasteiger partial charge < -0.3 is 15.1 Å². The average Bonchev–Trinajstić information content (AvgIpc) is 2.55. The molecule has 0 aromatic heterocycles. The molecule has 128 valence electrons. The highest BCUT2D eigenvalue weighted by molar-refractivity contribution is 5.94. The van der Waals surface area contributed by atoms with E-state index in [1.807, 2.05) is 33.1 Å². The van der Waals surface area contributed by atoms with Crippen molar-refractivity contribution in [3.05, 3.63) is 65.5 Å². The van der Waals surface area contributed by atoms with E-state index in [-0.39, 0.29) is 17.5 Å². The molecule has 2 aromatic rings. The number of quaternary nitrogens is 1. The number of hydrogen-bond donors (Lipinski definition) is 2. The number of benzene rings is 2. The van der Waals surface area contributed by atoms with Crippen LogP contribution < -0.4 is 15.1 Å². The second kappa shape index (κ2) is 7.93. The van der Waals surface area contributed by atoms with Crippen LogP contribution in [-0.2, 0) is 0 Å². The molecule has 0 aliphatic heterocycles. The summed E-state index contributed by atoms with van der Waals surface area (Å²) >= 11 is 0. The maximum atomic E-state index is 13.7. The molecular weight excluding hydrogens is 305 g/mol. The first kappa shape index (κ1) is 17.9. The van der Waals surface area contributed by atoms with Crippen LogP contribution in [0.25, 0.3) is 0 Å². The van der Waals surface area contributed by atoms with Gasteiger partial charge in [0.1, 0.15) is 11.9 Å². The maximum absolute atomic E-state index is 13.7. The highest BCUT2D eigenvalue weighted by Gasteiger charge is 2.20. The Hall–Kier alpha value is -2.40. The molecule has 0 heterocycles. The highest BCUT2D eigenvalue weighted by Crippen LogP contribution is 2.16. The number of carbonyl (C=O) groups excluding carboxylic acids is 1. The van der Waals surface area contributed by atoms with Gasteiger partial charge in [0.05, 0.1) is 26.2 Å². The van der Waals surface area contributed by atoms with Crippen molar-refractivity contribution in [3.63, 3.8) is 0 Å². The van der Waals surface area contributed by atoms with Crippen LogP contribution in [0.2, 0.25) is 0 Å². The summed E-state index contributed by atoms with van der Waals surface area (Å²) in [6.45, 7) is 0.441. The molecule has 5 heteroatoms. The van der Waals surface area contributed by atoms with Gasteiger partial charge in [0, 0.05) is 25.3 Å². The number of hydrogen-bond acceptors (Lipinski definition) is 2. The third-order valence-corrected chi connectivity index (χ3v) is 4.09. The quantitative estimate of drug-likeness (QED) is 0.842. The lowest BCUT2D eigenvalue weighted by Crippen LogP contribution is -3.07. The van der Waals surface area contributed by atoms with Crippen molar-refractivity contribution >= 4 is 11.6 Å². The Kier molecular flexibility index (Phi) is 5.93. The van der Waals surface area contributed by atoms with E-state index < -0.39 is 5.82 Å². The first-order chi connectivity index (χ1) is 11.4. The first-order valence-electron chi connectivity index (χ1n) is 8.00. The number of likely N-dealkylation sites (N-methyl/N-ethyl adjacent to an activating group) is 1. The molecule has 1 amide bonds. The van der Waals surface area contributed by atoms with Crippen molar-refractivity contribution < 1.29 is 14.1 Å². The van der Waals surface area contributed by atoms with Gasteiger partial charge >= 0.3 is 0 Å².